The molecule has 126 valence electrons. The van der Waals surface area contributed by atoms with Crippen molar-refractivity contribution in [1.29, 1.82) is 0 Å². The number of amides is 2. The molecule has 2 heterocycles. The van der Waals surface area contributed by atoms with Crippen LogP contribution < -0.4 is 10.6 Å². The molecular weight excluding hydrogens is 312 g/mol. The molecule has 1 aromatic carbocycles. The van der Waals surface area contributed by atoms with E-state index >= 15 is 0 Å². The van der Waals surface area contributed by atoms with Crippen LogP contribution in [0.1, 0.15) is 28.4 Å². The number of aromatic nitrogens is 2. The van der Waals surface area contributed by atoms with Crippen molar-refractivity contribution in [1.82, 2.24) is 15.3 Å². The number of carbonyl (C=O) groups is 1. The first-order chi connectivity index (χ1) is 12.1. The molecule has 1 atom stereocenters. The number of aryl methyl sites for hydroxylation is 2. The average Bonchev–Trinajstić information content (AvgIpc) is 2.62. The zero-order valence-corrected chi connectivity index (χ0v) is 14.2. The molecule has 0 aliphatic rings. The quantitative estimate of drug-likeness (QED) is 0.759. The first-order valence-electron chi connectivity index (χ1n) is 8.09. The first kappa shape index (κ1) is 16.6. The predicted molar refractivity (Wildman–Crippen MR) is 98.4 cm³/mol. The Balaban J connectivity index is 1.85. The van der Waals surface area contributed by atoms with Crippen LogP contribution in [-0.4, -0.2) is 16.0 Å². The molecule has 0 saturated carbocycles. The highest BCUT2D eigenvalue weighted by atomic mass is 16.2. The zero-order chi connectivity index (χ0) is 17.6. The van der Waals surface area contributed by atoms with E-state index in [9.17, 15) is 4.79 Å². The highest BCUT2D eigenvalue weighted by Gasteiger charge is 2.18. The Morgan fingerprint density at radius 3 is 2.64 bits per heavy atom. The van der Waals surface area contributed by atoms with Crippen molar-refractivity contribution in [2.75, 3.05) is 5.32 Å². The van der Waals surface area contributed by atoms with Gasteiger partial charge in [-0.1, -0.05) is 35.9 Å². The molecule has 3 aromatic rings. The van der Waals surface area contributed by atoms with Gasteiger partial charge in [0.1, 0.15) is 0 Å². The summed E-state index contributed by atoms with van der Waals surface area (Å²) >= 11 is 0. The average molecular weight is 332 g/mol. The summed E-state index contributed by atoms with van der Waals surface area (Å²) in [5.74, 6) is 0. The fourth-order valence-corrected chi connectivity index (χ4v) is 2.63. The normalized spacial score (nSPS) is 11.6. The summed E-state index contributed by atoms with van der Waals surface area (Å²) < 4.78 is 0. The number of hydrogen-bond donors (Lipinski definition) is 2. The van der Waals surface area contributed by atoms with Crippen LogP contribution in [0.3, 0.4) is 0 Å². The highest BCUT2D eigenvalue weighted by Crippen LogP contribution is 2.21. The molecule has 5 nitrogen and oxygen atoms in total. The van der Waals surface area contributed by atoms with Crippen molar-refractivity contribution in [3.05, 3.63) is 89.5 Å². The van der Waals surface area contributed by atoms with Gasteiger partial charge in [0.25, 0.3) is 0 Å². The van der Waals surface area contributed by atoms with Crippen molar-refractivity contribution in [2.24, 2.45) is 0 Å². The van der Waals surface area contributed by atoms with Crippen LogP contribution in [0.4, 0.5) is 10.5 Å². The molecular formula is C20H20N4O. The number of rotatable bonds is 4. The van der Waals surface area contributed by atoms with Gasteiger partial charge in [0.15, 0.2) is 0 Å². The third-order valence-electron chi connectivity index (χ3n) is 3.90. The van der Waals surface area contributed by atoms with Gasteiger partial charge in [-0.15, -0.1) is 0 Å². The predicted octanol–water partition coefficient (Wildman–Crippen LogP) is 4.00. The number of carbonyl (C=O) groups excluding carboxylic acids is 1. The van der Waals surface area contributed by atoms with E-state index in [1.807, 2.05) is 50.2 Å². The van der Waals surface area contributed by atoms with Gasteiger partial charge >= 0.3 is 6.03 Å². The summed E-state index contributed by atoms with van der Waals surface area (Å²) in [5, 5.41) is 5.90. The van der Waals surface area contributed by atoms with Gasteiger partial charge in [0, 0.05) is 24.3 Å². The van der Waals surface area contributed by atoms with Gasteiger partial charge in [0.05, 0.1) is 11.7 Å². The lowest BCUT2D eigenvalue weighted by Gasteiger charge is -2.20. The van der Waals surface area contributed by atoms with Crippen molar-refractivity contribution in [2.45, 2.75) is 19.9 Å². The number of pyridine rings is 2. The Hall–Kier alpha value is -3.21. The van der Waals surface area contributed by atoms with Crippen molar-refractivity contribution in [3.8, 4) is 0 Å². The van der Waals surface area contributed by atoms with Crippen LogP contribution in [0, 0.1) is 13.8 Å². The first-order valence-corrected chi connectivity index (χ1v) is 8.09. The van der Waals surface area contributed by atoms with E-state index in [0.29, 0.717) is 0 Å². The van der Waals surface area contributed by atoms with Crippen molar-refractivity contribution in [3.63, 3.8) is 0 Å². The Morgan fingerprint density at radius 2 is 1.92 bits per heavy atom. The Kier molecular flexibility index (Phi) is 5.04. The number of nitrogens with one attached hydrogen (secondary N) is 2. The monoisotopic (exact) mass is 332 g/mol. The van der Waals surface area contributed by atoms with E-state index in [1.54, 1.807) is 24.7 Å². The van der Waals surface area contributed by atoms with Gasteiger partial charge in [-0.05, 0) is 43.2 Å². The van der Waals surface area contributed by atoms with Crippen LogP contribution in [0.5, 0.6) is 0 Å². The summed E-state index contributed by atoms with van der Waals surface area (Å²) in [4.78, 5) is 21.0. The highest BCUT2D eigenvalue weighted by molar-refractivity contribution is 5.90. The van der Waals surface area contributed by atoms with Crippen LogP contribution in [-0.2, 0) is 0 Å². The minimum Gasteiger partial charge on any atom is -0.325 e. The van der Waals surface area contributed by atoms with E-state index in [0.717, 1.165) is 28.1 Å². The maximum absolute atomic E-state index is 12.5. The molecule has 0 aliphatic heterocycles. The minimum absolute atomic E-state index is 0.286. The molecule has 5 heteroatoms. The molecule has 0 aliphatic carbocycles. The summed E-state index contributed by atoms with van der Waals surface area (Å²) in [7, 11) is 0. The van der Waals surface area contributed by atoms with Gasteiger partial charge in [-0.2, -0.15) is 0 Å². The molecule has 0 fully saturated rings. The lowest BCUT2D eigenvalue weighted by Crippen LogP contribution is -2.33. The molecule has 0 saturated heterocycles. The molecule has 0 radical (unpaired) electrons. The van der Waals surface area contributed by atoms with Crippen molar-refractivity contribution >= 4 is 11.7 Å². The largest absolute Gasteiger partial charge is 0.325 e. The summed E-state index contributed by atoms with van der Waals surface area (Å²) in [6.07, 6.45) is 5.09. The third kappa shape index (κ3) is 4.20. The SMILES string of the molecule is Cc1cccc([C@@H](NC(=O)Nc2ccncc2C)c2ccccn2)c1. The molecule has 0 unspecified atom stereocenters. The van der Waals surface area contributed by atoms with E-state index in [-0.39, 0.29) is 12.1 Å². The molecule has 2 N–H and O–H groups in total. The van der Waals surface area contributed by atoms with E-state index < -0.39 is 0 Å². The minimum atomic E-state index is -0.330. The van der Waals surface area contributed by atoms with Crippen LogP contribution in [0.25, 0.3) is 0 Å². The number of hydrogen-bond acceptors (Lipinski definition) is 3. The second kappa shape index (κ2) is 7.57. The third-order valence-corrected chi connectivity index (χ3v) is 3.90. The molecule has 3 rings (SSSR count). The van der Waals surface area contributed by atoms with Gasteiger partial charge in [-0.25, -0.2) is 4.79 Å². The van der Waals surface area contributed by atoms with E-state index in [1.165, 1.54) is 0 Å². The molecule has 2 amide bonds. The van der Waals surface area contributed by atoms with E-state index in [4.69, 9.17) is 0 Å². The number of nitrogens with zero attached hydrogens (tertiary/aromatic N) is 2. The van der Waals surface area contributed by atoms with Gasteiger partial charge in [-0.3, -0.25) is 9.97 Å². The van der Waals surface area contributed by atoms with Crippen LogP contribution in [0.15, 0.2) is 67.1 Å². The topological polar surface area (TPSA) is 66.9 Å². The molecule has 25 heavy (non-hydrogen) atoms. The standard InChI is InChI=1S/C20H20N4O/c1-14-6-5-7-16(12-14)19(18-8-3-4-10-22-18)24-20(25)23-17-9-11-21-13-15(17)2/h3-13,19H,1-2H3,(H2,21,23,24,25)/t19-/m1/s1. The van der Waals surface area contributed by atoms with Gasteiger partial charge in [0.2, 0.25) is 0 Å². The fraction of sp³-hybridized carbons (Fsp3) is 0.150. The number of anilines is 1. The van der Waals surface area contributed by atoms with Crippen LogP contribution >= 0.6 is 0 Å². The fourth-order valence-electron chi connectivity index (χ4n) is 2.63. The maximum atomic E-state index is 12.5. The number of urea groups is 1. The van der Waals surface area contributed by atoms with Gasteiger partial charge < -0.3 is 10.6 Å². The molecule has 2 aromatic heterocycles. The Morgan fingerprint density at radius 1 is 1.04 bits per heavy atom. The zero-order valence-electron chi connectivity index (χ0n) is 14.2. The Labute approximate surface area is 147 Å². The Bertz CT molecular complexity index is 864. The molecule has 0 bridgehead atoms. The summed E-state index contributed by atoms with van der Waals surface area (Å²) in [6.45, 7) is 3.93. The van der Waals surface area contributed by atoms with E-state index in [2.05, 4.69) is 26.7 Å². The van der Waals surface area contributed by atoms with Crippen LogP contribution in [0.2, 0.25) is 0 Å². The maximum Gasteiger partial charge on any atom is 0.320 e. The van der Waals surface area contributed by atoms with Crippen molar-refractivity contribution < 1.29 is 4.79 Å². The lowest BCUT2D eigenvalue weighted by molar-refractivity contribution is 0.250. The lowest BCUT2D eigenvalue weighted by atomic mass is 10.0. The summed E-state index contributed by atoms with van der Waals surface area (Å²) in [6, 6.07) is 14.9. The molecule has 0 spiro atoms. The smallest absolute Gasteiger partial charge is 0.320 e. The number of benzene rings is 1. The second-order valence-corrected chi connectivity index (χ2v) is 5.89. The second-order valence-electron chi connectivity index (χ2n) is 5.89. The summed E-state index contributed by atoms with van der Waals surface area (Å²) in [5.41, 5.74) is 4.54.